The summed E-state index contributed by atoms with van der Waals surface area (Å²) in [4.78, 5) is 29.2. The van der Waals surface area contributed by atoms with Crippen LogP contribution in [-0.4, -0.2) is 42.0 Å². The Labute approximate surface area is 230 Å². The summed E-state index contributed by atoms with van der Waals surface area (Å²) >= 11 is 5.69. The number of nitrogens with zero attached hydrogens (tertiary/aromatic N) is 1. The molecule has 0 aromatic heterocycles. The number of alkyl halides is 9. The van der Waals surface area contributed by atoms with Gasteiger partial charge in [0, 0.05) is 22.6 Å². The Kier molecular flexibility index (Phi) is 7.51. The second-order valence-electron chi connectivity index (χ2n) is 9.70. The number of aryl methyl sites for hydroxylation is 1. The van der Waals surface area contributed by atoms with Crippen LogP contribution in [-0.2, 0) is 21.4 Å². The smallest absolute Gasteiger partial charge is 0.374 e. The minimum Gasteiger partial charge on any atom is -0.374 e. The molecule has 4 rings (SSSR count). The van der Waals surface area contributed by atoms with Gasteiger partial charge in [-0.25, -0.2) is 0 Å². The van der Waals surface area contributed by atoms with Crippen molar-refractivity contribution in [3.05, 3.63) is 69.2 Å². The van der Waals surface area contributed by atoms with Crippen LogP contribution in [0.15, 0.2) is 41.6 Å². The lowest BCUT2D eigenvalue weighted by molar-refractivity contribution is -0.276. The van der Waals surface area contributed by atoms with Gasteiger partial charge in [0.25, 0.3) is 11.5 Å². The van der Waals surface area contributed by atoms with Gasteiger partial charge in [-0.3, -0.25) is 9.59 Å². The molecule has 2 aromatic rings. The standard InChI is InChI=1S/C25H19ClF9N3O3/c1-12-6-13(2-3-17(12)20(40)36-11-19(39)37-21(4-5-21)24(30,31)32)18-10-22(41-38-18,25(33,34)35)14-7-15(23(27,28)29)9-16(26)8-14/h2-3,6-9H,4-5,10-11H2,1H3,(H,36,40)(H,37,39)/t22-/m1/s1. The van der Waals surface area contributed by atoms with Gasteiger partial charge in [-0.05, 0) is 61.2 Å². The van der Waals surface area contributed by atoms with E-state index in [1.54, 1.807) is 0 Å². The number of halogens is 10. The third kappa shape index (κ3) is 5.95. The molecular weight excluding hydrogens is 597 g/mol. The summed E-state index contributed by atoms with van der Waals surface area (Å²) in [5.74, 6) is -1.90. The second kappa shape index (κ2) is 10.1. The van der Waals surface area contributed by atoms with Crippen LogP contribution >= 0.6 is 11.6 Å². The van der Waals surface area contributed by atoms with Crippen molar-refractivity contribution in [2.45, 2.75) is 55.9 Å². The van der Waals surface area contributed by atoms with Crippen molar-refractivity contribution >= 4 is 29.1 Å². The normalized spacial score (nSPS) is 20.2. The van der Waals surface area contributed by atoms with Crippen LogP contribution in [0.1, 0.15) is 51.9 Å². The number of amides is 2. The molecule has 0 unspecified atom stereocenters. The number of oxime groups is 1. The van der Waals surface area contributed by atoms with E-state index in [-0.39, 0.29) is 41.3 Å². The topological polar surface area (TPSA) is 79.8 Å². The van der Waals surface area contributed by atoms with E-state index in [9.17, 15) is 49.1 Å². The first kappa shape index (κ1) is 30.5. The zero-order valence-electron chi connectivity index (χ0n) is 20.7. The summed E-state index contributed by atoms with van der Waals surface area (Å²) in [6.45, 7) is 0.646. The quantitative estimate of drug-likeness (QED) is 0.381. The van der Waals surface area contributed by atoms with E-state index in [1.807, 2.05) is 5.32 Å². The molecule has 0 saturated heterocycles. The first-order valence-electron chi connectivity index (χ1n) is 11.7. The average Bonchev–Trinajstić information content (AvgIpc) is 3.48. The van der Waals surface area contributed by atoms with Crippen LogP contribution in [0.5, 0.6) is 0 Å². The van der Waals surface area contributed by atoms with E-state index in [2.05, 4.69) is 10.5 Å². The van der Waals surface area contributed by atoms with Gasteiger partial charge in [-0.1, -0.05) is 22.8 Å². The largest absolute Gasteiger partial charge is 0.435 e. The molecule has 2 amide bonds. The predicted molar refractivity (Wildman–Crippen MR) is 126 cm³/mol. The molecule has 0 bridgehead atoms. The molecule has 1 heterocycles. The highest BCUT2D eigenvalue weighted by atomic mass is 35.5. The third-order valence-electron chi connectivity index (χ3n) is 6.76. The molecule has 1 aliphatic heterocycles. The summed E-state index contributed by atoms with van der Waals surface area (Å²) in [6.07, 6.45) is -16.4. The molecule has 1 saturated carbocycles. The Morgan fingerprint density at radius 1 is 0.976 bits per heavy atom. The van der Waals surface area contributed by atoms with Gasteiger partial charge in [-0.2, -0.15) is 39.5 Å². The first-order valence-corrected chi connectivity index (χ1v) is 12.1. The Hall–Kier alpha value is -3.49. The van der Waals surface area contributed by atoms with Crippen molar-refractivity contribution in [2.24, 2.45) is 5.16 Å². The van der Waals surface area contributed by atoms with Crippen LogP contribution in [0.2, 0.25) is 5.02 Å². The molecule has 0 spiro atoms. The Balaban J connectivity index is 1.50. The molecule has 2 N–H and O–H groups in total. The lowest BCUT2D eigenvalue weighted by Gasteiger charge is -2.30. The van der Waals surface area contributed by atoms with E-state index in [0.29, 0.717) is 12.1 Å². The van der Waals surface area contributed by atoms with E-state index < -0.39 is 70.6 Å². The van der Waals surface area contributed by atoms with Gasteiger partial charge in [0.1, 0.15) is 5.54 Å². The van der Waals surface area contributed by atoms with Gasteiger partial charge < -0.3 is 15.5 Å². The molecule has 1 fully saturated rings. The third-order valence-corrected chi connectivity index (χ3v) is 6.98. The second-order valence-corrected chi connectivity index (χ2v) is 10.1. The Morgan fingerprint density at radius 3 is 2.17 bits per heavy atom. The van der Waals surface area contributed by atoms with E-state index in [4.69, 9.17) is 16.4 Å². The van der Waals surface area contributed by atoms with Gasteiger partial charge in [-0.15, -0.1) is 0 Å². The molecule has 2 aliphatic rings. The zero-order valence-corrected chi connectivity index (χ0v) is 21.5. The lowest BCUT2D eigenvalue weighted by Crippen LogP contribution is -2.50. The van der Waals surface area contributed by atoms with Crippen molar-refractivity contribution < 1.29 is 53.9 Å². The van der Waals surface area contributed by atoms with Crippen molar-refractivity contribution in [3.63, 3.8) is 0 Å². The maximum Gasteiger partial charge on any atom is 0.435 e. The fraction of sp³-hybridized carbons (Fsp3) is 0.400. The zero-order chi connectivity index (χ0) is 30.6. The highest BCUT2D eigenvalue weighted by Gasteiger charge is 2.64. The van der Waals surface area contributed by atoms with E-state index in [0.717, 1.165) is 0 Å². The minimum atomic E-state index is -5.22. The molecule has 6 nitrogen and oxygen atoms in total. The van der Waals surface area contributed by atoms with Gasteiger partial charge in [0.05, 0.1) is 17.8 Å². The molecule has 0 radical (unpaired) electrons. The van der Waals surface area contributed by atoms with Crippen LogP contribution < -0.4 is 10.6 Å². The summed E-state index contributed by atoms with van der Waals surface area (Å²) in [5, 5.41) is 6.92. The monoisotopic (exact) mass is 615 g/mol. The fourth-order valence-electron chi connectivity index (χ4n) is 4.31. The van der Waals surface area contributed by atoms with Crippen LogP contribution in [0.25, 0.3) is 0 Å². The molecule has 222 valence electrons. The summed E-state index contributed by atoms with van der Waals surface area (Å²) in [5.41, 5.74) is -7.97. The van der Waals surface area contributed by atoms with Crippen molar-refractivity contribution in [2.75, 3.05) is 6.54 Å². The Bertz CT molecular complexity index is 1420. The number of hydrogen-bond donors (Lipinski definition) is 2. The molecule has 1 aliphatic carbocycles. The highest BCUT2D eigenvalue weighted by molar-refractivity contribution is 6.30. The average molecular weight is 616 g/mol. The number of nitrogens with one attached hydrogen (secondary N) is 2. The molecule has 41 heavy (non-hydrogen) atoms. The first-order chi connectivity index (χ1) is 18.8. The molecule has 16 heteroatoms. The maximum atomic E-state index is 14.3. The van der Waals surface area contributed by atoms with Gasteiger partial charge >= 0.3 is 18.5 Å². The summed E-state index contributed by atoms with van der Waals surface area (Å²) < 4.78 is 122. The maximum absolute atomic E-state index is 14.3. The van der Waals surface area contributed by atoms with Crippen molar-refractivity contribution in [1.29, 1.82) is 0 Å². The molecule has 1 atom stereocenters. The number of rotatable bonds is 6. The van der Waals surface area contributed by atoms with Crippen LogP contribution in [0.4, 0.5) is 39.5 Å². The minimum absolute atomic E-state index is 0.0373. The fourth-order valence-corrected chi connectivity index (χ4v) is 4.55. The van der Waals surface area contributed by atoms with Crippen molar-refractivity contribution in [1.82, 2.24) is 10.6 Å². The summed E-state index contributed by atoms with van der Waals surface area (Å²) in [6, 6.07) is 5.13. The molecular formula is C25H19ClF9N3O3. The van der Waals surface area contributed by atoms with Crippen LogP contribution in [0, 0.1) is 6.92 Å². The molecule has 2 aromatic carbocycles. The van der Waals surface area contributed by atoms with Gasteiger partial charge in [0.15, 0.2) is 0 Å². The highest BCUT2D eigenvalue weighted by Crippen LogP contribution is 2.51. The van der Waals surface area contributed by atoms with Gasteiger partial charge in [0.2, 0.25) is 5.91 Å². The predicted octanol–water partition coefficient (Wildman–Crippen LogP) is 6.19. The number of carbonyl (C=O) groups excluding carboxylic acids is 2. The number of benzene rings is 2. The number of carbonyl (C=O) groups is 2. The lowest BCUT2D eigenvalue weighted by atomic mass is 9.85. The number of hydrogen-bond acceptors (Lipinski definition) is 4. The summed E-state index contributed by atoms with van der Waals surface area (Å²) in [7, 11) is 0. The SMILES string of the molecule is Cc1cc(C2=NO[C@](c3cc(Cl)cc(C(F)(F)F)c3)(C(F)(F)F)C2)ccc1C(=O)NCC(=O)NC1(C(F)(F)F)CC1. The van der Waals surface area contributed by atoms with Crippen molar-refractivity contribution in [3.8, 4) is 0 Å². The van der Waals surface area contributed by atoms with E-state index in [1.165, 1.54) is 25.1 Å². The Morgan fingerprint density at radius 2 is 1.63 bits per heavy atom. The van der Waals surface area contributed by atoms with Crippen LogP contribution in [0.3, 0.4) is 0 Å². The van der Waals surface area contributed by atoms with E-state index >= 15 is 0 Å².